The molecule has 0 aromatic rings. The van der Waals surface area contributed by atoms with Gasteiger partial charge in [0, 0.05) is 6.54 Å². The predicted octanol–water partition coefficient (Wildman–Crippen LogP) is 0.550. The van der Waals surface area contributed by atoms with Gasteiger partial charge in [-0.2, -0.15) is 5.26 Å². The first-order valence-electron chi connectivity index (χ1n) is 5.86. The maximum atomic E-state index is 11.7. The van der Waals surface area contributed by atoms with Gasteiger partial charge in [-0.25, -0.2) is 13.1 Å². The van der Waals surface area contributed by atoms with Crippen LogP contribution in [0.1, 0.15) is 26.7 Å². The minimum Gasteiger partial charge on any atom is -0.306 e. The molecule has 0 aromatic heterocycles. The van der Waals surface area contributed by atoms with Crippen molar-refractivity contribution in [2.75, 3.05) is 26.7 Å². The van der Waals surface area contributed by atoms with Crippen LogP contribution in [0.2, 0.25) is 0 Å². The third-order valence-electron chi connectivity index (χ3n) is 3.54. The Labute approximate surface area is 104 Å². The Morgan fingerprint density at radius 2 is 2.00 bits per heavy atom. The Hall–Kier alpha value is -0.640. The number of nitriles is 1. The van der Waals surface area contributed by atoms with Crippen LogP contribution in [0.5, 0.6) is 0 Å². The van der Waals surface area contributed by atoms with E-state index in [4.69, 9.17) is 5.26 Å². The first-order valence-corrected chi connectivity index (χ1v) is 7.40. The van der Waals surface area contributed by atoms with Crippen LogP contribution < -0.4 is 4.72 Å². The lowest BCUT2D eigenvalue weighted by Crippen LogP contribution is -2.45. The van der Waals surface area contributed by atoms with Gasteiger partial charge in [0.15, 0.2) is 5.25 Å². The minimum atomic E-state index is -3.49. The van der Waals surface area contributed by atoms with Crippen LogP contribution >= 0.6 is 0 Å². The second kappa shape index (κ2) is 5.34. The van der Waals surface area contributed by atoms with E-state index in [0.717, 1.165) is 25.9 Å². The second-order valence-corrected chi connectivity index (χ2v) is 7.34. The molecule has 1 fully saturated rings. The first-order chi connectivity index (χ1) is 7.79. The van der Waals surface area contributed by atoms with E-state index in [1.165, 1.54) is 6.92 Å². The molecule has 1 atom stereocenters. The van der Waals surface area contributed by atoms with E-state index in [1.54, 1.807) is 6.07 Å². The quantitative estimate of drug-likeness (QED) is 0.800. The second-order valence-electron chi connectivity index (χ2n) is 5.25. The summed E-state index contributed by atoms with van der Waals surface area (Å²) in [5, 5.41) is 7.64. The molecular weight excluding hydrogens is 238 g/mol. The molecule has 6 heteroatoms. The molecule has 0 amide bonds. The number of nitrogens with zero attached hydrogens (tertiary/aromatic N) is 2. The highest BCUT2D eigenvalue weighted by molar-refractivity contribution is 7.90. The first kappa shape index (κ1) is 14.4. The molecule has 1 rings (SSSR count). The zero-order chi connectivity index (χ0) is 13.1. The molecule has 17 heavy (non-hydrogen) atoms. The number of likely N-dealkylation sites (tertiary alicyclic amines) is 1. The van der Waals surface area contributed by atoms with Crippen LogP contribution in [0.25, 0.3) is 0 Å². The van der Waals surface area contributed by atoms with Gasteiger partial charge < -0.3 is 4.90 Å². The summed E-state index contributed by atoms with van der Waals surface area (Å²) < 4.78 is 25.9. The number of nitrogens with one attached hydrogen (secondary N) is 1. The Morgan fingerprint density at radius 3 is 2.47 bits per heavy atom. The van der Waals surface area contributed by atoms with E-state index in [1.807, 2.05) is 0 Å². The molecule has 1 aliphatic rings. The topological polar surface area (TPSA) is 73.2 Å². The molecule has 1 N–H and O–H groups in total. The van der Waals surface area contributed by atoms with Crippen molar-refractivity contribution in [3.63, 3.8) is 0 Å². The number of sulfonamides is 1. The lowest BCUT2D eigenvalue weighted by atomic mass is 9.81. The number of piperidine rings is 1. The van der Waals surface area contributed by atoms with Crippen LogP contribution in [0, 0.1) is 16.7 Å². The molecule has 1 unspecified atom stereocenters. The smallest absolute Gasteiger partial charge is 0.227 e. The molecule has 1 saturated heterocycles. The summed E-state index contributed by atoms with van der Waals surface area (Å²) in [4.78, 5) is 2.24. The lowest BCUT2D eigenvalue weighted by molar-refractivity contribution is 0.143. The van der Waals surface area contributed by atoms with E-state index < -0.39 is 15.3 Å². The third-order valence-corrected chi connectivity index (χ3v) is 5.12. The van der Waals surface area contributed by atoms with E-state index >= 15 is 0 Å². The molecule has 0 saturated carbocycles. The number of rotatable bonds is 4. The Morgan fingerprint density at radius 1 is 1.47 bits per heavy atom. The summed E-state index contributed by atoms with van der Waals surface area (Å²) in [6, 6.07) is 1.75. The van der Waals surface area contributed by atoms with Crippen molar-refractivity contribution < 1.29 is 8.42 Å². The lowest BCUT2D eigenvalue weighted by Gasteiger charge is -2.37. The van der Waals surface area contributed by atoms with Gasteiger partial charge in [0.1, 0.15) is 0 Å². The summed E-state index contributed by atoms with van der Waals surface area (Å²) in [5.74, 6) is 0. The van der Waals surface area contributed by atoms with Gasteiger partial charge in [-0.3, -0.25) is 0 Å². The average Bonchev–Trinajstić information content (AvgIpc) is 2.30. The minimum absolute atomic E-state index is 0.00869. The van der Waals surface area contributed by atoms with Crippen LogP contribution in [-0.4, -0.2) is 45.2 Å². The van der Waals surface area contributed by atoms with Crippen LogP contribution in [0.15, 0.2) is 0 Å². The summed E-state index contributed by atoms with van der Waals surface area (Å²) >= 11 is 0. The van der Waals surface area contributed by atoms with Gasteiger partial charge in [-0.05, 0) is 45.3 Å². The number of hydrogen-bond donors (Lipinski definition) is 1. The van der Waals surface area contributed by atoms with Crippen LogP contribution in [0.4, 0.5) is 0 Å². The molecule has 0 aromatic carbocycles. The van der Waals surface area contributed by atoms with Gasteiger partial charge >= 0.3 is 0 Å². The van der Waals surface area contributed by atoms with Gasteiger partial charge in [-0.15, -0.1) is 0 Å². The zero-order valence-corrected chi connectivity index (χ0v) is 11.5. The van der Waals surface area contributed by atoms with Crippen molar-refractivity contribution in [1.82, 2.24) is 9.62 Å². The average molecular weight is 259 g/mol. The van der Waals surface area contributed by atoms with E-state index in [0.29, 0.717) is 6.54 Å². The van der Waals surface area contributed by atoms with Gasteiger partial charge in [0.2, 0.25) is 10.0 Å². The SMILES string of the molecule is CC(C#N)S(=O)(=O)NCC1(C)CCN(C)CC1. The van der Waals surface area contributed by atoms with Crippen molar-refractivity contribution in [3.05, 3.63) is 0 Å². The maximum absolute atomic E-state index is 11.7. The highest BCUT2D eigenvalue weighted by atomic mass is 32.2. The normalized spacial score (nSPS) is 22.9. The fourth-order valence-electron chi connectivity index (χ4n) is 1.80. The molecular formula is C11H21N3O2S. The molecule has 98 valence electrons. The summed E-state index contributed by atoms with van der Waals surface area (Å²) in [6.07, 6.45) is 1.96. The van der Waals surface area contributed by atoms with Gasteiger partial charge in [-0.1, -0.05) is 6.92 Å². The molecule has 0 spiro atoms. The van der Waals surface area contributed by atoms with Gasteiger partial charge in [0.25, 0.3) is 0 Å². The highest BCUT2D eigenvalue weighted by Crippen LogP contribution is 2.29. The predicted molar refractivity (Wildman–Crippen MR) is 66.8 cm³/mol. The fraction of sp³-hybridized carbons (Fsp3) is 0.909. The van der Waals surface area contributed by atoms with E-state index in [2.05, 4.69) is 23.6 Å². The maximum Gasteiger partial charge on any atom is 0.227 e. The third kappa shape index (κ3) is 3.95. The Balaban J connectivity index is 2.54. The monoisotopic (exact) mass is 259 g/mol. The summed E-state index contributed by atoms with van der Waals surface area (Å²) in [7, 11) is -1.42. The van der Waals surface area contributed by atoms with Gasteiger partial charge in [0.05, 0.1) is 6.07 Å². The highest BCUT2D eigenvalue weighted by Gasteiger charge is 2.31. The van der Waals surface area contributed by atoms with E-state index in [-0.39, 0.29) is 5.41 Å². The summed E-state index contributed by atoms with van der Waals surface area (Å²) in [6.45, 7) is 5.91. The van der Waals surface area contributed by atoms with Crippen molar-refractivity contribution in [3.8, 4) is 6.07 Å². The van der Waals surface area contributed by atoms with E-state index in [9.17, 15) is 8.42 Å². The standard InChI is InChI=1S/C11H21N3O2S/c1-10(8-12)17(15,16)13-9-11(2)4-6-14(3)7-5-11/h10,13H,4-7,9H2,1-3H3. The fourth-order valence-corrected chi connectivity index (χ4v) is 2.74. The molecule has 0 bridgehead atoms. The van der Waals surface area contributed by atoms with Crippen molar-refractivity contribution in [1.29, 1.82) is 5.26 Å². The Kier molecular flexibility index (Phi) is 4.53. The van der Waals surface area contributed by atoms with Crippen LogP contribution in [-0.2, 0) is 10.0 Å². The van der Waals surface area contributed by atoms with Crippen molar-refractivity contribution >= 4 is 10.0 Å². The van der Waals surface area contributed by atoms with Crippen molar-refractivity contribution in [2.24, 2.45) is 5.41 Å². The summed E-state index contributed by atoms with van der Waals surface area (Å²) in [5.41, 5.74) is 0.00869. The number of hydrogen-bond acceptors (Lipinski definition) is 4. The van der Waals surface area contributed by atoms with Crippen LogP contribution in [0.3, 0.4) is 0 Å². The molecule has 5 nitrogen and oxygen atoms in total. The molecule has 1 aliphatic heterocycles. The zero-order valence-electron chi connectivity index (χ0n) is 10.7. The Bertz CT molecular complexity index is 391. The van der Waals surface area contributed by atoms with Crippen molar-refractivity contribution in [2.45, 2.75) is 31.9 Å². The molecule has 1 heterocycles. The molecule has 0 radical (unpaired) electrons. The largest absolute Gasteiger partial charge is 0.306 e. The molecule has 0 aliphatic carbocycles.